The van der Waals surface area contributed by atoms with Crippen LogP contribution in [0.1, 0.15) is 10.8 Å². The fourth-order valence-electron chi connectivity index (χ4n) is 1.87. The Bertz CT molecular complexity index is 626. The van der Waals surface area contributed by atoms with Crippen LogP contribution in [0.4, 0.5) is 0 Å². The van der Waals surface area contributed by atoms with Crippen LogP contribution in [0.2, 0.25) is 5.02 Å². The number of carboxylic acids is 1. The van der Waals surface area contributed by atoms with Gasteiger partial charge in [-0.3, -0.25) is 4.79 Å². The van der Waals surface area contributed by atoms with Gasteiger partial charge in [-0.05, 0) is 17.2 Å². The van der Waals surface area contributed by atoms with Crippen molar-refractivity contribution in [2.45, 2.75) is 5.25 Å². The fourth-order valence-corrected chi connectivity index (χ4v) is 2.99. The summed E-state index contributed by atoms with van der Waals surface area (Å²) in [5, 5.41) is 9.18. The molecule has 1 unspecified atom stereocenters. The smallest absolute Gasteiger partial charge is 0.321 e. The van der Waals surface area contributed by atoms with E-state index >= 15 is 0 Å². The van der Waals surface area contributed by atoms with E-state index in [0.717, 1.165) is 22.9 Å². The van der Waals surface area contributed by atoms with Gasteiger partial charge in [0.2, 0.25) is 0 Å². The molecule has 0 aliphatic rings. The molecule has 0 heterocycles. The van der Waals surface area contributed by atoms with E-state index in [9.17, 15) is 9.90 Å². The third kappa shape index (κ3) is 3.39. The van der Waals surface area contributed by atoms with E-state index in [1.165, 1.54) is 4.70 Å². The molecule has 0 saturated heterocycles. The van der Waals surface area contributed by atoms with Crippen molar-refractivity contribution in [2.24, 2.45) is 0 Å². The van der Waals surface area contributed by atoms with Crippen molar-refractivity contribution in [1.82, 2.24) is 0 Å². The minimum atomic E-state index is -0.901. The highest BCUT2D eigenvalue weighted by atomic mass is 35.5. The Labute approximate surface area is 131 Å². The molecular formula is C15H11ClO2S2. The molecule has 0 aliphatic heterocycles. The number of thiocarbonyl (C=S) groups is 1. The summed E-state index contributed by atoms with van der Waals surface area (Å²) < 4.78 is 1.38. The van der Waals surface area contributed by atoms with Crippen molar-refractivity contribution in [1.29, 1.82) is 0 Å². The van der Waals surface area contributed by atoms with Crippen LogP contribution in [-0.4, -0.2) is 15.8 Å². The second kappa shape index (κ2) is 6.88. The zero-order chi connectivity index (χ0) is 14.5. The Hall–Kier alpha value is -1.36. The second-order valence-corrected chi connectivity index (χ2v) is 5.97. The van der Waals surface area contributed by atoms with Crippen molar-refractivity contribution in [3.63, 3.8) is 0 Å². The van der Waals surface area contributed by atoms with Gasteiger partial charge in [-0.15, -0.1) is 11.8 Å². The number of carbonyl (C=O) groups is 1. The number of rotatable bonds is 5. The van der Waals surface area contributed by atoms with E-state index in [4.69, 9.17) is 23.8 Å². The molecule has 0 saturated carbocycles. The van der Waals surface area contributed by atoms with Crippen molar-refractivity contribution in [3.05, 3.63) is 59.1 Å². The lowest BCUT2D eigenvalue weighted by atomic mass is 10.0. The standard InChI is InChI=1S/C15H11ClO2S2/c16-13-4-2-1-3-12(13)10-5-7-11(8-6-10)14(15(17)18)20-9-19/h1-9,14H,(H,17,18). The molecule has 0 aromatic heterocycles. The highest BCUT2D eigenvalue weighted by Gasteiger charge is 2.19. The van der Waals surface area contributed by atoms with Gasteiger partial charge in [-0.1, -0.05) is 66.3 Å². The number of aliphatic carboxylic acids is 1. The fraction of sp³-hybridized carbons (Fsp3) is 0.0667. The third-order valence-corrected chi connectivity index (χ3v) is 4.33. The molecule has 0 amide bonds. The summed E-state index contributed by atoms with van der Waals surface area (Å²) in [4.78, 5) is 11.2. The highest BCUT2D eigenvalue weighted by Crippen LogP contribution is 2.31. The molecule has 2 aromatic carbocycles. The first-order valence-electron chi connectivity index (χ1n) is 5.80. The summed E-state index contributed by atoms with van der Waals surface area (Å²) in [6.07, 6.45) is 0. The van der Waals surface area contributed by atoms with Crippen LogP contribution < -0.4 is 0 Å². The quantitative estimate of drug-likeness (QED) is 0.800. The van der Waals surface area contributed by atoms with Gasteiger partial charge in [-0.25, -0.2) is 0 Å². The molecule has 1 atom stereocenters. The van der Waals surface area contributed by atoms with Crippen molar-refractivity contribution < 1.29 is 9.90 Å². The Kier molecular flexibility index (Phi) is 5.17. The van der Waals surface area contributed by atoms with Crippen LogP contribution in [0.25, 0.3) is 11.1 Å². The molecule has 2 rings (SSSR count). The van der Waals surface area contributed by atoms with Crippen LogP contribution in [-0.2, 0) is 4.79 Å². The third-order valence-electron chi connectivity index (χ3n) is 2.81. The Morgan fingerprint density at radius 1 is 1.20 bits per heavy atom. The van der Waals surface area contributed by atoms with Gasteiger partial charge < -0.3 is 5.11 Å². The molecule has 102 valence electrons. The molecule has 0 spiro atoms. The van der Waals surface area contributed by atoms with Gasteiger partial charge in [0.25, 0.3) is 0 Å². The maximum atomic E-state index is 11.2. The zero-order valence-electron chi connectivity index (χ0n) is 10.3. The normalized spacial score (nSPS) is 11.8. The lowest BCUT2D eigenvalue weighted by Crippen LogP contribution is -2.07. The first-order chi connectivity index (χ1) is 9.63. The molecule has 2 aromatic rings. The number of hydrogen-bond donors (Lipinski definition) is 1. The second-order valence-electron chi connectivity index (χ2n) is 4.05. The largest absolute Gasteiger partial charge is 0.480 e. The van der Waals surface area contributed by atoms with Crippen LogP contribution in [0.5, 0.6) is 0 Å². The number of benzene rings is 2. The van der Waals surface area contributed by atoms with Gasteiger partial charge in [0, 0.05) is 15.3 Å². The zero-order valence-corrected chi connectivity index (χ0v) is 12.7. The molecule has 0 bridgehead atoms. The molecule has 0 fully saturated rings. The Morgan fingerprint density at radius 3 is 2.40 bits per heavy atom. The SMILES string of the molecule is O=C(O)C(SC=S)c1ccc(-c2ccccc2Cl)cc1. The highest BCUT2D eigenvalue weighted by molar-refractivity contribution is 8.21. The summed E-state index contributed by atoms with van der Waals surface area (Å²) in [7, 11) is 0. The molecule has 20 heavy (non-hydrogen) atoms. The first kappa shape index (κ1) is 15.0. The Balaban J connectivity index is 2.32. The summed E-state index contributed by atoms with van der Waals surface area (Å²) in [5.74, 6) is -0.901. The van der Waals surface area contributed by atoms with Gasteiger partial charge in [0.05, 0.1) is 0 Å². The van der Waals surface area contributed by atoms with E-state index in [1.54, 1.807) is 12.1 Å². The average Bonchev–Trinajstić information content (AvgIpc) is 2.45. The number of halogens is 1. The van der Waals surface area contributed by atoms with Gasteiger partial charge in [-0.2, -0.15) is 0 Å². The first-order valence-corrected chi connectivity index (χ1v) is 7.59. The van der Waals surface area contributed by atoms with Gasteiger partial charge in [0.15, 0.2) is 0 Å². The molecule has 2 nitrogen and oxygen atoms in total. The molecule has 0 radical (unpaired) electrons. The summed E-state index contributed by atoms with van der Waals surface area (Å²) in [6.45, 7) is 0. The summed E-state index contributed by atoms with van der Waals surface area (Å²) >= 11 is 12.0. The van der Waals surface area contributed by atoms with Crippen LogP contribution in [0.15, 0.2) is 48.5 Å². The van der Waals surface area contributed by atoms with Crippen LogP contribution in [0.3, 0.4) is 0 Å². The molecule has 1 N–H and O–H groups in total. The van der Waals surface area contributed by atoms with E-state index in [1.807, 2.05) is 36.4 Å². The lowest BCUT2D eigenvalue weighted by molar-refractivity contribution is -0.136. The monoisotopic (exact) mass is 322 g/mol. The average molecular weight is 323 g/mol. The van der Waals surface area contributed by atoms with Crippen molar-refractivity contribution >= 4 is 46.2 Å². The van der Waals surface area contributed by atoms with E-state index in [0.29, 0.717) is 10.6 Å². The van der Waals surface area contributed by atoms with E-state index in [2.05, 4.69) is 0 Å². The van der Waals surface area contributed by atoms with Gasteiger partial charge >= 0.3 is 5.97 Å². The maximum Gasteiger partial charge on any atom is 0.321 e. The summed E-state index contributed by atoms with van der Waals surface area (Å²) in [5.41, 5.74) is 2.59. The van der Waals surface area contributed by atoms with E-state index < -0.39 is 11.2 Å². The minimum Gasteiger partial charge on any atom is -0.480 e. The lowest BCUT2D eigenvalue weighted by Gasteiger charge is -2.11. The predicted molar refractivity (Wildman–Crippen MR) is 88.5 cm³/mol. The minimum absolute atomic E-state index is 0.670. The van der Waals surface area contributed by atoms with E-state index in [-0.39, 0.29) is 0 Å². The van der Waals surface area contributed by atoms with Crippen LogP contribution >= 0.6 is 35.6 Å². The predicted octanol–water partition coefficient (Wildman–Crippen LogP) is 4.82. The number of carboxylic acid groups (broad SMARTS) is 1. The topological polar surface area (TPSA) is 37.3 Å². The summed E-state index contributed by atoms with van der Waals surface area (Å²) in [6, 6.07) is 14.9. The van der Waals surface area contributed by atoms with Crippen molar-refractivity contribution in [3.8, 4) is 11.1 Å². The van der Waals surface area contributed by atoms with Crippen LogP contribution in [0, 0.1) is 0 Å². The maximum absolute atomic E-state index is 11.2. The van der Waals surface area contributed by atoms with Crippen molar-refractivity contribution in [2.75, 3.05) is 0 Å². The molecular weight excluding hydrogens is 312 g/mol. The molecule has 0 aliphatic carbocycles. The molecule has 5 heteroatoms. The Morgan fingerprint density at radius 2 is 1.85 bits per heavy atom. The van der Waals surface area contributed by atoms with Gasteiger partial charge in [0.1, 0.15) is 5.25 Å². The number of thioether (sulfide) groups is 1. The number of hydrogen-bond acceptors (Lipinski definition) is 3.